The molecule has 2 aromatic carbocycles. The van der Waals surface area contributed by atoms with Crippen molar-refractivity contribution in [2.75, 3.05) is 31.8 Å². The summed E-state index contributed by atoms with van der Waals surface area (Å²) >= 11 is 6.48. The van der Waals surface area contributed by atoms with E-state index in [0.717, 1.165) is 65.4 Å². The zero-order valence-electron chi connectivity index (χ0n) is 22.4. The molecule has 2 aromatic rings. The zero-order valence-corrected chi connectivity index (χ0v) is 23.1. The van der Waals surface area contributed by atoms with Gasteiger partial charge in [0.05, 0.1) is 18.4 Å². The van der Waals surface area contributed by atoms with E-state index in [1.54, 1.807) is 6.07 Å². The van der Waals surface area contributed by atoms with Crippen molar-refractivity contribution in [3.63, 3.8) is 0 Å². The van der Waals surface area contributed by atoms with Gasteiger partial charge in [0.2, 0.25) is 0 Å². The molecule has 2 aliphatic heterocycles. The summed E-state index contributed by atoms with van der Waals surface area (Å²) < 4.78 is 21.0. The fourth-order valence-corrected chi connectivity index (χ4v) is 5.88. The van der Waals surface area contributed by atoms with Crippen LogP contribution in [0.25, 0.3) is 6.08 Å². The lowest BCUT2D eigenvalue weighted by molar-refractivity contribution is 0.0811. The summed E-state index contributed by atoms with van der Waals surface area (Å²) in [5, 5.41) is 5.32. The molecule has 2 aliphatic rings. The van der Waals surface area contributed by atoms with Crippen LogP contribution in [-0.2, 0) is 4.74 Å². The Morgan fingerprint density at radius 2 is 1.97 bits per heavy atom. The maximum atomic E-state index is 15.3. The van der Waals surface area contributed by atoms with Crippen molar-refractivity contribution in [3.05, 3.63) is 82.3 Å². The van der Waals surface area contributed by atoms with Gasteiger partial charge >= 0.3 is 0 Å². The second-order valence-corrected chi connectivity index (χ2v) is 10.7. The third-order valence-electron chi connectivity index (χ3n) is 7.76. The average molecular weight is 525 g/mol. The van der Waals surface area contributed by atoms with Crippen LogP contribution < -0.4 is 10.3 Å². The molecule has 2 atom stereocenters. The maximum Gasteiger partial charge on any atom is 0.127 e. The minimum atomic E-state index is -0.176. The predicted octanol–water partition coefficient (Wildman–Crippen LogP) is 6.65. The molecular formula is C30H38ClFN4O. The monoisotopic (exact) mass is 524 g/mol. The minimum absolute atomic E-state index is 0.133. The molecule has 4 rings (SSSR count). The van der Waals surface area contributed by atoms with Crippen LogP contribution in [0.4, 0.5) is 10.1 Å². The minimum Gasteiger partial charge on any atom is -0.381 e. The molecule has 0 bridgehead atoms. The molecule has 198 valence electrons. The normalized spacial score (nSPS) is 17.9. The molecule has 1 fully saturated rings. The number of hydrazone groups is 1. The highest BCUT2D eigenvalue weighted by Gasteiger charge is 2.35. The second-order valence-electron chi connectivity index (χ2n) is 10.3. The summed E-state index contributed by atoms with van der Waals surface area (Å²) in [5.41, 5.74) is 9.74. The highest BCUT2D eigenvalue weighted by molar-refractivity contribution is 6.31. The van der Waals surface area contributed by atoms with Gasteiger partial charge in [0.1, 0.15) is 5.82 Å². The smallest absolute Gasteiger partial charge is 0.127 e. The quantitative estimate of drug-likeness (QED) is 0.373. The number of halogens is 2. The standard InChI is InChI=1S/C30H38ClFN4O/c1-7-23-9-10-24(31)17-28(23)36(25-12-14-37-15-13-25)18-35(6)30(27-16-20(3)33-34-27)22(5)29-21(4)19(2)8-11-26(29)32/h7-11,17,22,25,30,33H,1,3,12-16,18H2,2,4-6H3. The predicted molar refractivity (Wildman–Crippen MR) is 153 cm³/mol. The zero-order chi connectivity index (χ0) is 26.7. The SMILES string of the molecule is C=Cc1ccc(Cl)cc1N(CN(C)C(C1=NNC(=C)C1)C(C)c1c(F)ccc(C)c1C)C1CCOCC1. The first-order valence-corrected chi connectivity index (χ1v) is 13.3. The van der Waals surface area contributed by atoms with Crippen molar-refractivity contribution in [1.82, 2.24) is 10.3 Å². The van der Waals surface area contributed by atoms with E-state index in [9.17, 15) is 0 Å². The van der Waals surface area contributed by atoms with E-state index in [2.05, 4.69) is 47.5 Å². The van der Waals surface area contributed by atoms with E-state index in [4.69, 9.17) is 16.3 Å². The number of hydrogen-bond acceptors (Lipinski definition) is 5. The number of ether oxygens (including phenoxy) is 1. The van der Waals surface area contributed by atoms with Crippen LogP contribution in [0, 0.1) is 19.7 Å². The number of allylic oxidation sites excluding steroid dienone is 1. The van der Waals surface area contributed by atoms with Crippen LogP contribution in [0.2, 0.25) is 5.02 Å². The molecule has 5 nitrogen and oxygen atoms in total. The van der Waals surface area contributed by atoms with Crippen LogP contribution in [0.3, 0.4) is 0 Å². The lowest BCUT2D eigenvalue weighted by Crippen LogP contribution is -2.51. The van der Waals surface area contributed by atoms with Crippen LogP contribution in [0.5, 0.6) is 0 Å². The Morgan fingerprint density at radius 1 is 1.24 bits per heavy atom. The number of likely N-dealkylation sites (N-methyl/N-ethyl adjacent to an activating group) is 1. The number of anilines is 1. The number of rotatable bonds is 9. The molecule has 0 radical (unpaired) electrons. The van der Waals surface area contributed by atoms with Gasteiger partial charge in [-0.25, -0.2) is 4.39 Å². The van der Waals surface area contributed by atoms with Crippen molar-refractivity contribution < 1.29 is 9.13 Å². The Balaban J connectivity index is 1.74. The molecule has 2 heterocycles. The molecule has 37 heavy (non-hydrogen) atoms. The van der Waals surface area contributed by atoms with Gasteiger partial charge < -0.3 is 9.64 Å². The average Bonchev–Trinajstić information content (AvgIpc) is 3.31. The number of hydrogen-bond donors (Lipinski definition) is 1. The fraction of sp³-hybridized carbons (Fsp3) is 0.433. The van der Waals surface area contributed by atoms with Gasteiger partial charge in [0, 0.05) is 48.0 Å². The first kappa shape index (κ1) is 27.4. The van der Waals surface area contributed by atoms with Gasteiger partial charge in [-0.3, -0.25) is 10.3 Å². The van der Waals surface area contributed by atoms with Gasteiger partial charge in [-0.05, 0) is 74.2 Å². The lowest BCUT2D eigenvalue weighted by atomic mass is 9.84. The Bertz CT molecular complexity index is 1190. The molecule has 0 aromatic heterocycles. The fourth-order valence-electron chi connectivity index (χ4n) is 5.72. The topological polar surface area (TPSA) is 40.1 Å². The van der Waals surface area contributed by atoms with E-state index in [1.807, 2.05) is 44.2 Å². The van der Waals surface area contributed by atoms with Crippen molar-refractivity contribution in [1.29, 1.82) is 0 Å². The van der Waals surface area contributed by atoms with E-state index in [1.165, 1.54) is 0 Å². The highest BCUT2D eigenvalue weighted by Crippen LogP contribution is 2.35. The van der Waals surface area contributed by atoms with E-state index >= 15 is 4.39 Å². The van der Waals surface area contributed by atoms with Crippen LogP contribution in [0.15, 0.2) is 54.3 Å². The van der Waals surface area contributed by atoms with Crippen molar-refractivity contribution in [2.45, 2.75) is 58.0 Å². The molecule has 0 amide bonds. The summed E-state index contributed by atoms with van der Waals surface area (Å²) in [5.74, 6) is -0.310. The van der Waals surface area contributed by atoms with Crippen LogP contribution in [0.1, 0.15) is 54.4 Å². The van der Waals surface area contributed by atoms with Gasteiger partial charge in [-0.1, -0.05) is 49.9 Å². The molecule has 0 spiro atoms. The maximum absolute atomic E-state index is 15.3. The number of benzene rings is 2. The van der Waals surface area contributed by atoms with Gasteiger partial charge in [-0.2, -0.15) is 5.10 Å². The summed E-state index contributed by atoms with van der Waals surface area (Å²) in [6.45, 7) is 16.3. The highest BCUT2D eigenvalue weighted by atomic mass is 35.5. The van der Waals surface area contributed by atoms with Gasteiger partial charge in [0.25, 0.3) is 0 Å². The molecule has 2 unspecified atom stereocenters. The number of nitrogens with zero attached hydrogens (tertiary/aromatic N) is 3. The summed E-state index contributed by atoms with van der Waals surface area (Å²) in [6.07, 6.45) is 4.35. The number of nitrogens with one attached hydrogen (secondary N) is 1. The first-order chi connectivity index (χ1) is 17.7. The Hall–Kier alpha value is -2.67. The van der Waals surface area contributed by atoms with Crippen molar-refractivity contribution in [3.8, 4) is 0 Å². The number of aryl methyl sites for hydroxylation is 1. The van der Waals surface area contributed by atoms with E-state index in [0.29, 0.717) is 18.1 Å². The van der Waals surface area contributed by atoms with Crippen LogP contribution >= 0.6 is 11.6 Å². The summed E-state index contributed by atoms with van der Waals surface area (Å²) in [7, 11) is 2.10. The molecule has 7 heteroatoms. The first-order valence-electron chi connectivity index (χ1n) is 12.9. The van der Waals surface area contributed by atoms with E-state index < -0.39 is 0 Å². The molecule has 0 aliphatic carbocycles. The summed E-state index contributed by atoms with van der Waals surface area (Å²) in [6, 6.07) is 9.48. The van der Waals surface area contributed by atoms with Gasteiger partial charge in [-0.15, -0.1) is 0 Å². The Kier molecular flexibility index (Phi) is 8.73. The van der Waals surface area contributed by atoms with Crippen molar-refractivity contribution in [2.24, 2.45) is 5.10 Å². The molecule has 1 saturated heterocycles. The third kappa shape index (κ3) is 5.92. The molecule has 1 N–H and O–H groups in total. The molecular weight excluding hydrogens is 487 g/mol. The molecule has 0 saturated carbocycles. The summed E-state index contributed by atoms with van der Waals surface area (Å²) in [4.78, 5) is 4.69. The largest absolute Gasteiger partial charge is 0.381 e. The van der Waals surface area contributed by atoms with Gasteiger partial charge in [0.15, 0.2) is 0 Å². The Labute approximate surface area is 225 Å². The third-order valence-corrected chi connectivity index (χ3v) is 7.99. The van der Waals surface area contributed by atoms with E-state index in [-0.39, 0.29) is 23.8 Å². The Morgan fingerprint density at radius 3 is 2.62 bits per heavy atom. The lowest BCUT2D eigenvalue weighted by Gasteiger charge is -2.42. The van der Waals surface area contributed by atoms with Crippen molar-refractivity contribution >= 4 is 29.1 Å². The second kappa shape index (κ2) is 11.8. The van der Waals surface area contributed by atoms with Crippen LogP contribution in [-0.4, -0.2) is 49.6 Å².